The van der Waals surface area contributed by atoms with E-state index in [0.29, 0.717) is 5.92 Å². The highest BCUT2D eigenvalue weighted by Gasteiger charge is 2.30. The van der Waals surface area contributed by atoms with Gasteiger partial charge in [0.15, 0.2) is 0 Å². The molecule has 2 aliphatic heterocycles. The van der Waals surface area contributed by atoms with E-state index in [-0.39, 0.29) is 6.10 Å². The molecule has 2 heterocycles. The third-order valence-corrected chi connectivity index (χ3v) is 4.00. The molecule has 2 rings (SSSR count). The number of nitrogens with one attached hydrogen (secondary N) is 1. The number of aliphatic hydroxyl groups is 1. The van der Waals surface area contributed by atoms with E-state index in [2.05, 4.69) is 10.2 Å². The lowest BCUT2D eigenvalue weighted by atomic mass is 10.0. The molecule has 3 heteroatoms. The van der Waals surface area contributed by atoms with E-state index in [0.717, 1.165) is 12.6 Å². The Morgan fingerprint density at radius 1 is 1.27 bits per heavy atom. The third kappa shape index (κ3) is 2.92. The van der Waals surface area contributed by atoms with Crippen LogP contribution < -0.4 is 5.32 Å². The first kappa shape index (κ1) is 11.4. The van der Waals surface area contributed by atoms with E-state index in [4.69, 9.17) is 0 Å². The summed E-state index contributed by atoms with van der Waals surface area (Å²) in [5.74, 6) is 0.515. The van der Waals surface area contributed by atoms with Crippen LogP contribution in [0.5, 0.6) is 0 Å². The molecule has 2 aliphatic rings. The van der Waals surface area contributed by atoms with Crippen LogP contribution in [-0.4, -0.2) is 48.3 Å². The summed E-state index contributed by atoms with van der Waals surface area (Å²) in [6.07, 6.45) is 4.98. The molecule has 0 saturated carbocycles. The van der Waals surface area contributed by atoms with Gasteiger partial charge in [-0.15, -0.1) is 0 Å². The summed E-state index contributed by atoms with van der Waals surface area (Å²) < 4.78 is 0. The van der Waals surface area contributed by atoms with Gasteiger partial charge >= 0.3 is 0 Å². The van der Waals surface area contributed by atoms with E-state index in [1.54, 1.807) is 0 Å². The smallest absolute Gasteiger partial charge is 0.0552 e. The maximum absolute atomic E-state index is 9.58. The predicted octanol–water partition coefficient (Wildman–Crippen LogP) is 0.831. The van der Waals surface area contributed by atoms with Crippen LogP contribution in [0.3, 0.4) is 0 Å². The molecule has 2 fully saturated rings. The number of likely N-dealkylation sites (tertiary alicyclic amines) is 1. The van der Waals surface area contributed by atoms with Crippen LogP contribution >= 0.6 is 0 Å². The van der Waals surface area contributed by atoms with E-state index in [1.807, 2.05) is 6.92 Å². The van der Waals surface area contributed by atoms with Gasteiger partial charge in [-0.05, 0) is 58.2 Å². The molecule has 2 saturated heterocycles. The average Bonchev–Trinajstić information content (AvgIpc) is 2.55. The lowest BCUT2D eigenvalue weighted by Gasteiger charge is -2.26. The fourth-order valence-electron chi connectivity index (χ4n) is 2.91. The van der Waals surface area contributed by atoms with Crippen molar-refractivity contribution in [3.05, 3.63) is 0 Å². The Kier molecular flexibility index (Phi) is 4.00. The fourth-order valence-corrected chi connectivity index (χ4v) is 2.91. The highest BCUT2D eigenvalue weighted by Crippen LogP contribution is 2.25. The minimum Gasteiger partial charge on any atom is -0.393 e. The second kappa shape index (κ2) is 5.28. The van der Waals surface area contributed by atoms with Crippen molar-refractivity contribution in [1.82, 2.24) is 10.2 Å². The lowest BCUT2D eigenvalue weighted by molar-refractivity contribution is 0.120. The Balaban J connectivity index is 1.83. The van der Waals surface area contributed by atoms with Gasteiger partial charge in [-0.1, -0.05) is 0 Å². The summed E-state index contributed by atoms with van der Waals surface area (Å²) >= 11 is 0. The molecule has 0 amide bonds. The zero-order valence-electron chi connectivity index (χ0n) is 9.78. The van der Waals surface area contributed by atoms with Crippen molar-refractivity contribution >= 4 is 0 Å². The van der Waals surface area contributed by atoms with Gasteiger partial charge in [0.2, 0.25) is 0 Å². The quantitative estimate of drug-likeness (QED) is 0.712. The molecule has 0 aromatic carbocycles. The number of rotatable bonds is 2. The number of hydrogen-bond donors (Lipinski definition) is 2. The topological polar surface area (TPSA) is 35.5 Å². The van der Waals surface area contributed by atoms with Crippen LogP contribution in [0.4, 0.5) is 0 Å². The van der Waals surface area contributed by atoms with Crippen molar-refractivity contribution in [2.75, 3.05) is 26.2 Å². The molecule has 0 radical (unpaired) electrons. The second-order valence-electron chi connectivity index (χ2n) is 5.12. The van der Waals surface area contributed by atoms with Gasteiger partial charge in [0.1, 0.15) is 0 Å². The monoisotopic (exact) mass is 212 g/mol. The highest BCUT2D eigenvalue weighted by atomic mass is 16.3. The van der Waals surface area contributed by atoms with Crippen LogP contribution in [-0.2, 0) is 0 Å². The Morgan fingerprint density at radius 3 is 2.87 bits per heavy atom. The van der Waals surface area contributed by atoms with Crippen molar-refractivity contribution in [2.45, 2.75) is 44.8 Å². The zero-order chi connectivity index (χ0) is 10.7. The number of nitrogens with zero attached hydrogens (tertiary/aromatic N) is 1. The fraction of sp³-hybridized carbons (Fsp3) is 1.00. The van der Waals surface area contributed by atoms with Gasteiger partial charge in [0.05, 0.1) is 6.10 Å². The van der Waals surface area contributed by atoms with E-state index < -0.39 is 0 Å². The van der Waals surface area contributed by atoms with Gasteiger partial charge in [-0.25, -0.2) is 0 Å². The Bertz CT molecular complexity index is 188. The SMILES string of the molecule is CC(O)C1CCN(C2CCCNCC2)C1. The summed E-state index contributed by atoms with van der Waals surface area (Å²) in [6, 6.07) is 0.767. The first-order valence-corrected chi connectivity index (χ1v) is 6.40. The van der Waals surface area contributed by atoms with Crippen LogP contribution in [0, 0.1) is 5.92 Å². The van der Waals surface area contributed by atoms with Crippen LogP contribution in [0.1, 0.15) is 32.6 Å². The summed E-state index contributed by atoms with van der Waals surface area (Å²) in [4.78, 5) is 2.60. The Hall–Kier alpha value is -0.120. The van der Waals surface area contributed by atoms with Crippen molar-refractivity contribution in [1.29, 1.82) is 0 Å². The predicted molar refractivity (Wildman–Crippen MR) is 61.9 cm³/mol. The maximum atomic E-state index is 9.58. The molecule has 0 spiro atoms. The van der Waals surface area contributed by atoms with Crippen molar-refractivity contribution in [3.8, 4) is 0 Å². The second-order valence-corrected chi connectivity index (χ2v) is 5.12. The normalized spacial score (nSPS) is 36.4. The van der Waals surface area contributed by atoms with Crippen LogP contribution in [0.15, 0.2) is 0 Å². The standard InChI is InChI=1S/C12H24N2O/c1-10(15)11-5-8-14(9-11)12-3-2-6-13-7-4-12/h10-13,15H,2-9H2,1H3. The lowest BCUT2D eigenvalue weighted by Crippen LogP contribution is -2.35. The van der Waals surface area contributed by atoms with E-state index in [1.165, 1.54) is 45.3 Å². The number of aliphatic hydroxyl groups excluding tert-OH is 1. The molecular formula is C12H24N2O. The van der Waals surface area contributed by atoms with Crippen molar-refractivity contribution in [3.63, 3.8) is 0 Å². The molecule has 88 valence electrons. The molecule has 15 heavy (non-hydrogen) atoms. The summed E-state index contributed by atoms with van der Waals surface area (Å²) in [7, 11) is 0. The van der Waals surface area contributed by atoms with Crippen LogP contribution in [0.25, 0.3) is 0 Å². The zero-order valence-corrected chi connectivity index (χ0v) is 9.78. The molecule has 0 aliphatic carbocycles. The molecule has 3 unspecified atom stereocenters. The Labute approximate surface area is 92.8 Å². The molecule has 0 aromatic heterocycles. The van der Waals surface area contributed by atoms with Crippen LogP contribution in [0.2, 0.25) is 0 Å². The van der Waals surface area contributed by atoms with E-state index >= 15 is 0 Å². The Morgan fingerprint density at radius 2 is 2.13 bits per heavy atom. The van der Waals surface area contributed by atoms with E-state index in [9.17, 15) is 5.11 Å². The minimum atomic E-state index is -0.126. The number of hydrogen-bond acceptors (Lipinski definition) is 3. The minimum absolute atomic E-state index is 0.126. The molecular weight excluding hydrogens is 188 g/mol. The van der Waals surface area contributed by atoms with Gasteiger partial charge in [-0.3, -0.25) is 4.90 Å². The summed E-state index contributed by atoms with van der Waals surface area (Å²) in [6.45, 7) is 6.59. The molecule has 0 aromatic rings. The first-order valence-electron chi connectivity index (χ1n) is 6.40. The third-order valence-electron chi connectivity index (χ3n) is 4.00. The molecule has 3 atom stereocenters. The molecule has 0 bridgehead atoms. The molecule has 3 nitrogen and oxygen atoms in total. The maximum Gasteiger partial charge on any atom is 0.0552 e. The molecule has 2 N–H and O–H groups in total. The van der Waals surface area contributed by atoms with Gasteiger partial charge < -0.3 is 10.4 Å². The highest BCUT2D eigenvalue weighted by molar-refractivity contribution is 4.85. The largest absolute Gasteiger partial charge is 0.393 e. The first-order chi connectivity index (χ1) is 7.27. The van der Waals surface area contributed by atoms with Gasteiger partial charge in [0.25, 0.3) is 0 Å². The van der Waals surface area contributed by atoms with Gasteiger partial charge in [0, 0.05) is 12.6 Å². The summed E-state index contributed by atoms with van der Waals surface area (Å²) in [5.41, 5.74) is 0. The van der Waals surface area contributed by atoms with Crippen molar-refractivity contribution < 1.29 is 5.11 Å². The van der Waals surface area contributed by atoms with Gasteiger partial charge in [-0.2, -0.15) is 0 Å². The summed E-state index contributed by atoms with van der Waals surface area (Å²) in [5, 5.41) is 13.0. The van der Waals surface area contributed by atoms with Crippen molar-refractivity contribution in [2.24, 2.45) is 5.92 Å². The average molecular weight is 212 g/mol.